The van der Waals surface area contributed by atoms with Crippen LogP contribution in [0.4, 0.5) is 0 Å². The molecule has 22 heavy (non-hydrogen) atoms. The Morgan fingerprint density at radius 1 is 1.32 bits per heavy atom. The van der Waals surface area contributed by atoms with Crippen LogP contribution in [0.25, 0.3) is 0 Å². The topological polar surface area (TPSA) is 139 Å². The molecule has 0 heterocycles. The van der Waals surface area contributed by atoms with Gasteiger partial charge in [-0.15, -0.1) is 0 Å². The van der Waals surface area contributed by atoms with Crippen LogP contribution < -0.4 is 4.89 Å². The van der Waals surface area contributed by atoms with Crippen LogP contribution in [0.1, 0.15) is 15.9 Å². The van der Waals surface area contributed by atoms with Gasteiger partial charge in [-0.25, -0.2) is 18.0 Å². The predicted molar refractivity (Wildman–Crippen MR) is 72.8 cm³/mol. The van der Waals surface area contributed by atoms with Gasteiger partial charge in [0.05, 0.1) is 17.1 Å². The Morgan fingerprint density at radius 3 is 2.45 bits per heavy atom. The Bertz CT molecular complexity index is 670. The first kappa shape index (κ1) is 18.0. The van der Waals surface area contributed by atoms with E-state index in [0.29, 0.717) is 0 Å². The highest BCUT2D eigenvalue weighted by Gasteiger charge is 2.25. The maximum atomic E-state index is 12.1. The smallest absolute Gasteiger partial charge is 0.337 e. The summed E-state index contributed by atoms with van der Waals surface area (Å²) in [5.74, 6) is -2.70. The van der Waals surface area contributed by atoms with E-state index in [9.17, 15) is 18.0 Å². The Balaban J connectivity index is 3.03. The monoisotopic (exact) mass is 333 g/mol. The number of hydrogen-bond donors (Lipinski definition) is 3. The molecule has 1 atom stereocenters. The van der Waals surface area contributed by atoms with Gasteiger partial charge in [-0.3, -0.25) is 4.84 Å². The quantitative estimate of drug-likeness (QED) is 0.565. The molecule has 0 aliphatic carbocycles. The number of benzene rings is 1. The molecule has 0 amide bonds. The standard InChI is InChI=1S/C12H15NO8S/c1-7-8(11(14)15)4-3-5-10(7)22(18,19)13-21-9(6-20-2)12(16)17/h3-5,9,13H,6H2,1-2H3,(H,14,15)(H,16,17). The molecule has 3 N–H and O–H groups in total. The van der Waals surface area contributed by atoms with Gasteiger partial charge in [-0.1, -0.05) is 11.0 Å². The number of carboxylic acid groups (broad SMARTS) is 2. The van der Waals surface area contributed by atoms with Gasteiger partial charge in [0.25, 0.3) is 10.0 Å². The third-order valence-corrected chi connectivity index (χ3v) is 4.03. The van der Waals surface area contributed by atoms with Gasteiger partial charge in [-0.05, 0) is 24.6 Å². The summed E-state index contributed by atoms with van der Waals surface area (Å²) in [7, 11) is -3.02. The minimum absolute atomic E-state index is 0.00437. The number of carboxylic acids is 2. The van der Waals surface area contributed by atoms with Crippen molar-refractivity contribution < 1.29 is 37.8 Å². The average Bonchev–Trinajstić information content (AvgIpc) is 2.42. The van der Waals surface area contributed by atoms with E-state index in [0.717, 1.165) is 0 Å². The molecule has 0 aliphatic heterocycles. The Morgan fingerprint density at radius 2 is 1.95 bits per heavy atom. The third-order valence-electron chi connectivity index (χ3n) is 2.70. The van der Waals surface area contributed by atoms with Crippen LogP contribution in [-0.2, 0) is 24.4 Å². The fourth-order valence-corrected chi connectivity index (χ4v) is 2.71. The molecule has 1 aromatic carbocycles. The molecule has 0 bridgehead atoms. The molecule has 0 spiro atoms. The molecule has 1 aromatic rings. The zero-order chi connectivity index (χ0) is 16.9. The van der Waals surface area contributed by atoms with E-state index < -0.39 is 28.1 Å². The molecule has 0 radical (unpaired) electrons. The minimum Gasteiger partial charge on any atom is -0.479 e. The number of hydrogen-bond acceptors (Lipinski definition) is 6. The number of nitrogens with one attached hydrogen (secondary N) is 1. The van der Waals surface area contributed by atoms with E-state index in [1.165, 1.54) is 32.2 Å². The second-order valence-corrected chi connectivity index (χ2v) is 5.83. The summed E-state index contributed by atoms with van der Waals surface area (Å²) in [5.41, 5.74) is -0.181. The lowest BCUT2D eigenvalue weighted by Gasteiger charge is -2.14. The summed E-state index contributed by atoms with van der Waals surface area (Å²) in [5, 5.41) is 17.8. The summed E-state index contributed by atoms with van der Waals surface area (Å²) in [4.78, 5) is 27.8. The van der Waals surface area contributed by atoms with Gasteiger partial charge in [-0.2, -0.15) is 0 Å². The Hall–Kier alpha value is -2.01. The zero-order valence-corrected chi connectivity index (χ0v) is 12.6. The highest BCUT2D eigenvalue weighted by atomic mass is 32.2. The summed E-state index contributed by atoms with van der Waals surface area (Å²) in [6, 6.07) is 3.69. The maximum absolute atomic E-state index is 12.1. The van der Waals surface area contributed by atoms with Gasteiger partial charge in [0, 0.05) is 7.11 Å². The normalized spacial score (nSPS) is 12.8. The second kappa shape index (κ2) is 7.31. The fraction of sp³-hybridized carbons (Fsp3) is 0.333. The lowest BCUT2D eigenvalue weighted by molar-refractivity contribution is -0.156. The van der Waals surface area contributed by atoms with Crippen LogP contribution in [0.3, 0.4) is 0 Å². The number of aromatic carboxylic acids is 1. The van der Waals surface area contributed by atoms with Gasteiger partial charge in [0.2, 0.25) is 0 Å². The van der Waals surface area contributed by atoms with Crippen molar-refractivity contribution in [3.8, 4) is 0 Å². The molecule has 0 saturated carbocycles. The van der Waals surface area contributed by atoms with Crippen LogP contribution >= 0.6 is 0 Å². The average molecular weight is 333 g/mol. The van der Waals surface area contributed by atoms with Crippen molar-refractivity contribution in [2.75, 3.05) is 13.7 Å². The van der Waals surface area contributed by atoms with Crippen molar-refractivity contribution in [2.45, 2.75) is 17.9 Å². The number of sulfonamides is 1. The first-order valence-electron chi connectivity index (χ1n) is 5.92. The van der Waals surface area contributed by atoms with Crippen molar-refractivity contribution in [1.82, 2.24) is 4.89 Å². The van der Waals surface area contributed by atoms with Crippen molar-refractivity contribution in [3.05, 3.63) is 29.3 Å². The summed E-state index contributed by atoms with van der Waals surface area (Å²) < 4.78 is 28.8. The molecule has 1 rings (SSSR count). The number of methoxy groups -OCH3 is 1. The third kappa shape index (κ3) is 4.24. The molecule has 122 valence electrons. The molecule has 0 fully saturated rings. The lowest BCUT2D eigenvalue weighted by Crippen LogP contribution is -2.37. The van der Waals surface area contributed by atoms with Gasteiger partial charge < -0.3 is 14.9 Å². The molecule has 1 unspecified atom stereocenters. The molecule has 0 aromatic heterocycles. The molecule has 9 nitrogen and oxygen atoms in total. The molecular weight excluding hydrogens is 318 g/mol. The van der Waals surface area contributed by atoms with Crippen molar-refractivity contribution in [2.24, 2.45) is 0 Å². The molecule has 10 heteroatoms. The van der Waals surface area contributed by atoms with Crippen LogP contribution in [0, 0.1) is 6.92 Å². The molecule has 0 aliphatic rings. The van der Waals surface area contributed by atoms with Crippen LogP contribution in [0.5, 0.6) is 0 Å². The zero-order valence-electron chi connectivity index (χ0n) is 11.8. The van der Waals surface area contributed by atoms with Crippen LogP contribution in [-0.4, -0.2) is 50.4 Å². The van der Waals surface area contributed by atoms with E-state index in [1.54, 1.807) is 4.89 Å². The highest BCUT2D eigenvalue weighted by molar-refractivity contribution is 7.89. The number of ether oxygens (including phenoxy) is 1. The molecular formula is C12H15NO8S. The van der Waals surface area contributed by atoms with Crippen LogP contribution in [0.2, 0.25) is 0 Å². The van der Waals surface area contributed by atoms with Crippen LogP contribution in [0.15, 0.2) is 23.1 Å². The van der Waals surface area contributed by atoms with Gasteiger partial charge in [0.15, 0.2) is 6.10 Å². The second-order valence-electron chi connectivity index (χ2n) is 4.22. The maximum Gasteiger partial charge on any atom is 0.337 e. The first-order valence-corrected chi connectivity index (χ1v) is 7.41. The summed E-state index contributed by atoms with van der Waals surface area (Å²) in [6.45, 7) is 0.952. The van der Waals surface area contributed by atoms with E-state index in [2.05, 4.69) is 9.57 Å². The van der Waals surface area contributed by atoms with Gasteiger partial charge in [0.1, 0.15) is 0 Å². The summed E-state index contributed by atoms with van der Waals surface area (Å²) in [6.07, 6.45) is -1.54. The lowest BCUT2D eigenvalue weighted by atomic mass is 10.1. The van der Waals surface area contributed by atoms with Crippen molar-refractivity contribution in [1.29, 1.82) is 0 Å². The van der Waals surface area contributed by atoms with Gasteiger partial charge >= 0.3 is 11.9 Å². The largest absolute Gasteiger partial charge is 0.479 e. The van der Waals surface area contributed by atoms with E-state index in [1.807, 2.05) is 0 Å². The van der Waals surface area contributed by atoms with Crippen molar-refractivity contribution in [3.63, 3.8) is 0 Å². The first-order chi connectivity index (χ1) is 10.2. The Labute approximate surface area is 126 Å². The molecule has 0 saturated heterocycles. The summed E-state index contributed by atoms with van der Waals surface area (Å²) >= 11 is 0. The van der Waals surface area contributed by atoms with E-state index in [-0.39, 0.29) is 22.6 Å². The fourth-order valence-electron chi connectivity index (χ4n) is 1.61. The van der Waals surface area contributed by atoms with E-state index in [4.69, 9.17) is 10.2 Å². The minimum atomic E-state index is -4.25. The predicted octanol–water partition coefficient (Wildman–Crippen LogP) is 0.00272. The highest BCUT2D eigenvalue weighted by Crippen LogP contribution is 2.19. The SMILES string of the molecule is COCC(ONS(=O)(=O)c1cccc(C(=O)O)c1C)C(=O)O. The Kier molecular flexibility index (Phi) is 6.00. The van der Waals surface area contributed by atoms with Crippen molar-refractivity contribution >= 4 is 22.0 Å². The number of carbonyl (C=O) groups is 2. The number of rotatable bonds is 8. The number of aliphatic carboxylic acids is 1. The van der Waals surface area contributed by atoms with E-state index >= 15 is 0 Å².